The summed E-state index contributed by atoms with van der Waals surface area (Å²) in [7, 11) is 0. The second-order valence-corrected chi connectivity index (χ2v) is 12.3. The van der Waals surface area contributed by atoms with E-state index in [1.165, 1.54) is 0 Å². The Morgan fingerprint density at radius 3 is 2.40 bits per heavy atom. The standard InChI is InChI=1S/C30H29Cl2N3O4S/c1-16-12-21(13-17(2)35(16)30-33-25(15-40-30)18-6-10-20(11-7-18)29(36)37)38-14-22-27(34-39-28(22)19-8-9-19)26-23(31)4-3-5-24(26)32/h3-7,10-11,15-17,19,21H,8-9,12-14H2,1-2H3,(H,36,37)/t16-,17+,21?. The monoisotopic (exact) mass is 597 g/mol. The fraction of sp³-hybridized carbons (Fsp3) is 0.367. The van der Waals surface area contributed by atoms with Crippen molar-refractivity contribution < 1.29 is 19.2 Å². The number of thiazole rings is 1. The zero-order valence-corrected chi connectivity index (χ0v) is 24.5. The fourth-order valence-corrected chi connectivity index (χ4v) is 7.20. The Kier molecular flexibility index (Phi) is 7.61. The summed E-state index contributed by atoms with van der Waals surface area (Å²) in [6.45, 7) is 4.81. The molecule has 10 heteroatoms. The molecule has 1 unspecified atom stereocenters. The number of aromatic carboxylic acids is 1. The molecule has 0 amide bonds. The van der Waals surface area contributed by atoms with Crippen molar-refractivity contribution in [2.45, 2.75) is 70.2 Å². The van der Waals surface area contributed by atoms with Crippen molar-refractivity contribution in [3.8, 4) is 22.5 Å². The van der Waals surface area contributed by atoms with Crippen molar-refractivity contribution in [3.63, 3.8) is 0 Å². The highest BCUT2D eigenvalue weighted by atomic mass is 35.5. The van der Waals surface area contributed by atoms with Crippen LogP contribution < -0.4 is 4.90 Å². The van der Waals surface area contributed by atoms with Gasteiger partial charge in [0, 0.05) is 40.1 Å². The third-order valence-corrected chi connectivity index (χ3v) is 9.21. The van der Waals surface area contributed by atoms with Crippen molar-refractivity contribution in [1.82, 2.24) is 10.1 Å². The fourth-order valence-electron chi connectivity index (χ4n) is 5.58. The second kappa shape index (κ2) is 11.2. The molecule has 208 valence electrons. The number of hydrogen-bond donors (Lipinski definition) is 1. The summed E-state index contributed by atoms with van der Waals surface area (Å²) in [6, 6.07) is 12.7. The largest absolute Gasteiger partial charge is 0.478 e. The highest BCUT2D eigenvalue weighted by Crippen LogP contribution is 2.46. The van der Waals surface area contributed by atoms with E-state index in [0.29, 0.717) is 33.8 Å². The molecule has 3 atom stereocenters. The van der Waals surface area contributed by atoms with Crippen LogP contribution >= 0.6 is 34.5 Å². The SMILES string of the molecule is C[C@@H]1CC(OCc2c(-c3c(Cl)cccc3Cl)noc2C2CC2)C[C@H](C)N1c1nc(-c2ccc(C(=O)O)cc2)cs1. The molecule has 1 saturated carbocycles. The lowest BCUT2D eigenvalue weighted by Crippen LogP contribution is -2.49. The zero-order chi connectivity index (χ0) is 28.0. The van der Waals surface area contributed by atoms with E-state index in [1.54, 1.807) is 35.6 Å². The van der Waals surface area contributed by atoms with Crippen LogP contribution in [0.15, 0.2) is 52.4 Å². The normalized spacial score (nSPS) is 21.1. The van der Waals surface area contributed by atoms with Crippen molar-refractivity contribution >= 4 is 45.6 Å². The molecule has 2 aromatic carbocycles. The summed E-state index contributed by atoms with van der Waals surface area (Å²) in [4.78, 5) is 18.4. The topological polar surface area (TPSA) is 88.7 Å². The number of carboxylic acid groups (broad SMARTS) is 1. The van der Waals surface area contributed by atoms with Gasteiger partial charge in [-0.3, -0.25) is 0 Å². The highest BCUT2D eigenvalue weighted by Gasteiger charge is 2.36. The Bertz CT molecular complexity index is 1500. The Balaban J connectivity index is 1.16. The van der Waals surface area contributed by atoms with Crippen molar-refractivity contribution in [1.29, 1.82) is 0 Å². The van der Waals surface area contributed by atoms with E-state index >= 15 is 0 Å². The average molecular weight is 599 g/mol. The maximum atomic E-state index is 11.2. The first-order chi connectivity index (χ1) is 19.3. The Morgan fingerprint density at radius 2 is 1.77 bits per heavy atom. The van der Waals surface area contributed by atoms with E-state index in [9.17, 15) is 9.90 Å². The lowest BCUT2D eigenvalue weighted by Gasteiger charge is -2.42. The number of piperidine rings is 1. The molecule has 4 aromatic rings. The number of ether oxygens (including phenoxy) is 1. The molecule has 0 spiro atoms. The van der Waals surface area contributed by atoms with Crippen LogP contribution in [0.2, 0.25) is 10.0 Å². The minimum Gasteiger partial charge on any atom is -0.478 e. The smallest absolute Gasteiger partial charge is 0.335 e. The van der Waals surface area contributed by atoms with E-state index in [0.717, 1.165) is 53.4 Å². The predicted molar refractivity (Wildman–Crippen MR) is 158 cm³/mol. The van der Waals surface area contributed by atoms with E-state index in [4.69, 9.17) is 37.4 Å². The van der Waals surface area contributed by atoms with Gasteiger partial charge in [-0.05, 0) is 63.8 Å². The van der Waals surface area contributed by atoms with Gasteiger partial charge in [0.1, 0.15) is 11.5 Å². The third kappa shape index (κ3) is 5.38. The lowest BCUT2D eigenvalue weighted by atomic mass is 9.95. The summed E-state index contributed by atoms with van der Waals surface area (Å²) in [5.74, 6) is 0.325. The Labute approximate surface area is 246 Å². The first-order valence-electron chi connectivity index (χ1n) is 13.4. The summed E-state index contributed by atoms with van der Waals surface area (Å²) in [5, 5.41) is 17.6. The number of benzene rings is 2. The highest BCUT2D eigenvalue weighted by molar-refractivity contribution is 7.14. The van der Waals surface area contributed by atoms with Crippen molar-refractivity contribution in [2.75, 3.05) is 4.90 Å². The number of halogens is 2. The van der Waals surface area contributed by atoms with Crippen LogP contribution in [0, 0.1) is 0 Å². The van der Waals surface area contributed by atoms with Crippen LogP contribution in [0.1, 0.15) is 67.1 Å². The van der Waals surface area contributed by atoms with E-state index in [2.05, 4.69) is 23.9 Å². The molecule has 1 saturated heterocycles. The van der Waals surface area contributed by atoms with Gasteiger partial charge in [0.15, 0.2) is 5.13 Å². The van der Waals surface area contributed by atoms with E-state index in [-0.39, 0.29) is 23.8 Å². The molecule has 0 bridgehead atoms. The van der Waals surface area contributed by atoms with Crippen LogP contribution in [0.5, 0.6) is 0 Å². The van der Waals surface area contributed by atoms with E-state index < -0.39 is 5.97 Å². The summed E-state index contributed by atoms with van der Waals surface area (Å²) < 4.78 is 12.3. The maximum absolute atomic E-state index is 11.2. The van der Waals surface area contributed by atoms with E-state index in [1.807, 2.05) is 23.6 Å². The molecule has 1 aliphatic heterocycles. The Morgan fingerprint density at radius 1 is 1.10 bits per heavy atom. The first-order valence-corrected chi connectivity index (χ1v) is 15.1. The molecule has 2 fully saturated rings. The quantitative estimate of drug-likeness (QED) is 0.218. The van der Waals surface area contributed by atoms with Crippen LogP contribution in [0.25, 0.3) is 22.5 Å². The summed E-state index contributed by atoms with van der Waals surface area (Å²) >= 11 is 14.7. The van der Waals surface area contributed by atoms with Gasteiger partial charge < -0.3 is 19.3 Å². The average Bonchev–Trinajstić information content (AvgIpc) is 3.50. The van der Waals surface area contributed by atoms with Gasteiger partial charge in [-0.1, -0.05) is 46.6 Å². The van der Waals surface area contributed by atoms with Gasteiger partial charge in [-0.15, -0.1) is 11.3 Å². The van der Waals surface area contributed by atoms with Gasteiger partial charge in [0.25, 0.3) is 0 Å². The number of anilines is 1. The van der Waals surface area contributed by atoms with Gasteiger partial charge in [-0.2, -0.15) is 0 Å². The van der Waals surface area contributed by atoms with Crippen molar-refractivity contribution in [3.05, 3.63) is 74.8 Å². The molecule has 0 radical (unpaired) electrons. The van der Waals surface area contributed by atoms with Crippen LogP contribution in [0.4, 0.5) is 5.13 Å². The molecule has 1 aliphatic carbocycles. The number of rotatable bonds is 8. The molecule has 6 rings (SSSR count). The van der Waals surface area contributed by atoms with Crippen LogP contribution in [0.3, 0.4) is 0 Å². The number of carbonyl (C=O) groups is 1. The number of hydrogen-bond acceptors (Lipinski definition) is 7. The summed E-state index contributed by atoms with van der Waals surface area (Å²) in [5.41, 5.74) is 4.32. The first kappa shape index (κ1) is 27.3. The molecular weight excluding hydrogens is 569 g/mol. The minimum absolute atomic E-state index is 0.0702. The molecule has 2 aromatic heterocycles. The van der Waals surface area contributed by atoms with Gasteiger partial charge in [-0.25, -0.2) is 9.78 Å². The molecule has 1 N–H and O–H groups in total. The summed E-state index contributed by atoms with van der Waals surface area (Å²) in [6.07, 6.45) is 3.96. The van der Waals surface area contributed by atoms with Gasteiger partial charge in [0.05, 0.1) is 34.0 Å². The maximum Gasteiger partial charge on any atom is 0.335 e. The number of aromatic nitrogens is 2. The predicted octanol–water partition coefficient (Wildman–Crippen LogP) is 8.31. The number of nitrogens with zero attached hydrogens (tertiary/aromatic N) is 3. The third-order valence-electron chi connectivity index (χ3n) is 7.73. The minimum atomic E-state index is -0.935. The van der Waals surface area contributed by atoms with Gasteiger partial charge >= 0.3 is 5.97 Å². The Hall–Kier alpha value is -2.91. The second-order valence-electron chi connectivity index (χ2n) is 10.7. The zero-order valence-electron chi connectivity index (χ0n) is 22.1. The molecule has 40 heavy (non-hydrogen) atoms. The van der Waals surface area contributed by atoms with Crippen molar-refractivity contribution in [2.24, 2.45) is 0 Å². The van der Waals surface area contributed by atoms with Crippen LogP contribution in [-0.4, -0.2) is 39.4 Å². The molecule has 2 aliphatic rings. The van der Waals surface area contributed by atoms with Crippen LogP contribution in [-0.2, 0) is 11.3 Å². The van der Waals surface area contributed by atoms with Gasteiger partial charge in [0.2, 0.25) is 0 Å². The molecule has 7 nitrogen and oxygen atoms in total. The molecule has 3 heterocycles. The lowest BCUT2D eigenvalue weighted by molar-refractivity contribution is 0.00973. The molecular formula is C30H29Cl2N3O4S. The number of carboxylic acids is 1.